The number of carbonyl (C=O) groups is 1. The number of pyridine rings is 1. The van der Waals surface area contributed by atoms with Gasteiger partial charge < -0.3 is 0 Å². The van der Waals surface area contributed by atoms with Crippen LogP contribution in [0.5, 0.6) is 0 Å². The smallest absolute Gasteiger partial charge is 0.204 e. The predicted octanol–water partition coefficient (Wildman–Crippen LogP) is 3.29. The molecule has 0 saturated carbocycles. The Hall–Kier alpha value is -2.22. The van der Waals surface area contributed by atoms with E-state index in [0.29, 0.717) is 5.69 Å². The highest BCUT2D eigenvalue weighted by molar-refractivity contribution is 6.05. The van der Waals surface area contributed by atoms with E-state index < -0.39 is 0 Å². The summed E-state index contributed by atoms with van der Waals surface area (Å²) < 4.78 is 0. The van der Waals surface area contributed by atoms with Crippen molar-refractivity contribution in [3.05, 3.63) is 71.6 Å². The van der Waals surface area contributed by atoms with Crippen LogP contribution >= 0.6 is 0 Å². The summed E-state index contributed by atoms with van der Waals surface area (Å²) in [5.74, 6) is -0.0717. The Morgan fingerprint density at radius 1 is 1.06 bits per heavy atom. The Kier molecular flexibility index (Phi) is 3.46. The number of aryl methyl sites for hydroxylation is 1. The number of aromatic nitrogens is 1. The van der Waals surface area contributed by atoms with Crippen molar-refractivity contribution >= 4 is 11.9 Å². The lowest BCUT2D eigenvalue weighted by molar-refractivity contribution is 0.104. The molecule has 0 spiro atoms. The van der Waals surface area contributed by atoms with Gasteiger partial charge in [-0.3, -0.25) is 4.79 Å². The molecule has 0 bridgehead atoms. The average molecular weight is 223 g/mol. The predicted molar refractivity (Wildman–Crippen MR) is 68.8 cm³/mol. The maximum atomic E-state index is 11.8. The van der Waals surface area contributed by atoms with Crippen molar-refractivity contribution in [3.8, 4) is 0 Å². The van der Waals surface area contributed by atoms with Gasteiger partial charge in [-0.2, -0.15) is 0 Å². The molecule has 2 nitrogen and oxygen atoms in total. The number of rotatable bonds is 3. The Labute approximate surface area is 101 Å². The molecule has 2 heteroatoms. The molecule has 0 radical (unpaired) electrons. The van der Waals surface area contributed by atoms with Crippen LogP contribution in [-0.2, 0) is 0 Å². The van der Waals surface area contributed by atoms with E-state index in [9.17, 15) is 4.79 Å². The van der Waals surface area contributed by atoms with Gasteiger partial charge in [-0.05, 0) is 30.7 Å². The first-order valence-electron chi connectivity index (χ1n) is 5.47. The summed E-state index contributed by atoms with van der Waals surface area (Å²) in [4.78, 5) is 16.0. The molecule has 2 aromatic rings. The zero-order chi connectivity index (χ0) is 12.1. The maximum Gasteiger partial charge on any atom is 0.204 e. The fourth-order valence-electron chi connectivity index (χ4n) is 1.50. The van der Waals surface area contributed by atoms with E-state index in [2.05, 4.69) is 4.98 Å². The van der Waals surface area contributed by atoms with Gasteiger partial charge in [-0.25, -0.2) is 4.98 Å². The van der Waals surface area contributed by atoms with Crippen LogP contribution in [0.1, 0.15) is 21.7 Å². The molecule has 0 fully saturated rings. The molecule has 0 amide bonds. The Balaban J connectivity index is 2.15. The zero-order valence-corrected chi connectivity index (χ0v) is 9.63. The van der Waals surface area contributed by atoms with Gasteiger partial charge in [0, 0.05) is 5.69 Å². The third-order valence-corrected chi connectivity index (χ3v) is 2.37. The molecule has 1 aromatic heterocycles. The summed E-state index contributed by atoms with van der Waals surface area (Å²) in [6.07, 6.45) is 3.35. The molecule has 0 N–H and O–H groups in total. The molecule has 1 aromatic carbocycles. The van der Waals surface area contributed by atoms with Gasteiger partial charge in [0.25, 0.3) is 0 Å². The van der Waals surface area contributed by atoms with E-state index >= 15 is 0 Å². The second-order valence-electron chi connectivity index (χ2n) is 3.77. The van der Waals surface area contributed by atoms with Crippen LogP contribution in [0.2, 0.25) is 0 Å². The van der Waals surface area contributed by atoms with Gasteiger partial charge in [0.05, 0.1) is 0 Å². The van der Waals surface area contributed by atoms with E-state index in [1.165, 1.54) is 0 Å². The first-order valence-corrected chi connectivity index (χ1v) is 5.47. The Morgan fingerprint density at radius 2 is 1.82 bits per heavy atom. The van der Waals surface area contributed by atoms with Crippen LogP contribution in [0.15, 0.2) is 54.6 Å². The third kappa shape index (κ3) is 3.11. The summed E-state index contributed by atoms with van der Waals surface area (Å²) in [5.41, 5.74) is 2.34. The minimum atomic E-state index is -0.0717. The van der Waals surface area contributed by atoms with Crippen molar-refractivity contribution in [2.45, 2.75) is 6.92 Å². The maximum absolute atomic E-state index is 11.8. The minimum Gasteiger partial charge on any atom is -0.288 e. The highest BCUT2D eigenvalue weighted by Gasteiger charge is 2.02. The number of hydrogen-bond acceptors (Lipinski definition) is 2. The fraction of sp³-hybridized carbons (Fsp3) is 0.0667. The van der Waals surface area contributed by atoms with Crippen LogP contribution in [0, 0.1) is 6.92 Å². The van der Waals surface area contributed by atoms with Gasteiger partial charge in [-0.1, -0.05) is 42.5 Å². The number of benzene rings is 1. The first kappa shape index (κ1) is 11.3. The zero-order valence-electron chi connectivity index (χ0n) is 9.63. The highest BCUT2D eigenvalue weighted by Crippen LogP contribution is 2.04. The van der Waals surface area contributed by atoms with Crippen molar-refractivity contribution < 1.29 is 4.79 Å². The minimum absolute atomic E-state index is 0.0717. The van der Waals surface area contributed by atoms with Crippen LogP contribution in [0.4, 0.5) is 0 Å². The molecular formula is C15H13NO. The molecule has 17 heavy (non-hydrogen) atoms. The Bertz CT molecular complexity index is 544. The molecule has 0 saturated heterocycles. The largest absolute Gasteiger partial charge is 0.288 e. The average Bonchev–Trinajstić information content (AvgIpc) is 2.37. The number of carbonyl (C=O) groups excluding carboxylic acids is 1. The van der Waals surface area contributed by atoms with E-state index in [-0.39, 0.29) is 5.78 Å². The monoisotopic (exact) mass is 223 g/mol. The molecule has 0 atom stereocenters. The Morgan fingerprint density at radius 3 is 2.53 bits per heavy atom. The van der Waals surface area contributed by atoms with E-state index in [1.54, 1.807) is 18.2 Å². The quantitative estimate of drug-likeness (QED) is 0.590. The number of hydrogen-bond donors (Lipinski definition) is 0. The lowest BCUT2D eigenvalue weighted by atomic mass is 10.1. The SMILES string of the molecule is Cc1cccc(C(=O)/C=C/c2ccccc2)n1. The highest BCUT2D eigenvalue weighted by atomic mass is 16.1. The van der Waals surface area contributed by atoms with Crippen molar-refractivity contribution in [1.29, 1.82) is 0 Å². The van der Waals surface area contributed by atoms with Crippen LogP contribution in [0.3, 0.4) is 0 Å². The molecule has 84 valence electrons. The number of ketones is 1. The van der Waals surface area contributed by atoms with Crippen molar-refractivity contribution in [1.82, 2.24) is 4.98 Å². The van der Waals surface area contributed by atoms with E-state index in [1.807, 2.05) is 49.4 Å². The molecule has 0 aliphatic rings. The van der Waals surface area contributed by atoms with Gasteiger partial charge in [0.2, 0.25) is 5.78 Å². The normalized spacial score (nSPS) is 10.6. The first-order chi connectivity index (χ1) is 8.25. The van der Waals surface area contributed by atoms with Crippen molar-refractivity contribution in [2.24, 2.45) is 0 Å². The molecule has 0 unspecified atom stereocenters. The lowest BCUT2D eigenvalue weighted by Gasteiger charge is -1.96. The van der Waals surface area contributed by atoms with E-state index in [0.717, 1.165) is 11.3 Å². The lowest BCUT2D eigenvalue weighted by Crippen LogP contribution is -1.98. The van der Waals surface area contributed by atoms with Crippen molar-refractivity contribution in [2.75, 3.05) is 0 Å². The molecule has 0 aliphatic carbocycles. The van der Waals surface area contributed by atoms with Crippen LogP contribution < -0.4 is 0 Å². The summed E-state index contributed by atoms with van der Waals surface area (Å²) in [7, 11) is 0. The molecular weight excluding hydrogens is 210 g/mol. The van der Waals surface area contributed by atoms with Gasteiger partial charge >= 0.3 is 0 Å². The summed E-state index contributed by atoms with van der Waals surface area (Å²) >= 11 is 0. The number of nitrogens with zero attached hydrogens (tertiary/aromatic N) is 1. The fourth-order valence-corrected chi connectivity index (χ4v) is 1.50. The standard InChI is InChI=1S/C15H13NO/c1-12-6-5-9-14(16-12)15(17)11-10-13-7-3-2-4-8-13/h2-11H,1H3/b11-10+. The topological polar surface area (TPSA) is 30.0 Å². The second kappa shape index (κ2) is 5.21. The molecule has 0 aliphatic heterocycles. The van der Waals surface area contributed by atoms with Gasteiger partial charge in [0.1, 0.15) is 5.69 Å². The number of allylic oxidation sites excluding steroid dienone is 1. The third-order valence-electron chi connectivity index (χ3n) is 2.37. The van der Waals surface area contributed by atoms with Gasteiger partial charge in [-0.15, -0.1) is 0 Å². The van der Waals surface area contributed by atoms with E-state index in [4.69, 9.17) is 0 Å². The molecule has 2 rings (SSSR count). The van der Waals surface area contributed by atoms with Gasteiger partial charge in [0.15, 0.2) is 0 Å². The van der Waals surface area contributed by atoms with Crippen LogP contribution in [0.25, 0.3) is 6.08 Å². The summed E-state index contributed by atoms with van der Waals surface area (Å²) in [6.45, 7) is 1.87. The van der Waals surface area contributed by atoms with Crippen molar-refractivity contribution in [3.63, 3.8) is 0 Å². The summed E-state index contributed by atoms with van der Waals surface area (Å²) in [6, 6.07) is 15.2. The second-order valence-corrected chi connectivity index (χ2v) is 3.77. The summed E-state index contributed by atoms with van der Waals surface area (Å²) in [5, 5.41) is 0. The van der Waals surface area contributed by atoms with Crippen LogP contribution in [-0.4, -0.2) is 10.8 Å². The molecule has 1 heterocycles.